The predicted octanol–water partition coefficient (Wildman–Crippen LogP) is 4.07. The summed E-state index contributed by atoms with van der Waals surface area (Å²) in [6, 6.07) is 19.3. The number of allylic oxidation sites excluding steroid dienone is 1. The summed E-state index contributed by atoms with van der Waals surface area (Å²) in [5.74, 6) is 2.19. The maximum absolute atomic E-state index is 13.7. The van der Waals surface area contributed by atoms with Crippen LogP contribution in [0.2, 0.25) is 0 Å². The Hall–Kier alpha value is -1.63. The van der Waals surface area contributed by atoms with Gasteiger partial charge in [-0.15, -0.1) is 0 Å². The number of aliphatic hydroxyl groups is 1. The predicted molar refractivity (Wildman–Crippen MR) is 96.9 cm³/mol. The molecule has 120 valence electrons. The number of aliphatic hydroxyl groups excluding tert-OH is 1. The van der Waals surface area contributed by atoms with Crippen LogP contribution in [0.1, 0.15) is 25.7 Å². The van der Waals surface area contributed by atoms with E-state index in [1.807, 2.05) is 72.6 Å². The van der Waals surface area contributed by atoms with Crippen LogP contribution in [0.4, 0.5) is 0 Å². The Morgan fingerprint density at radius 2 is 1.52 bits per heavy atom. The van der Waals surface area contributed by atoms with Crippen LogP contribution in [0.3, 0.4) is 0 Å². The van der Waals surface area contributed by atoms with Crippen LogP contribution >= 0.6 is 7.14 Å². The van der Waals surface area contributed by atoms with Gasteiger partial charge in [0.25, 0.3) is 0 Å². The maximum Gasteiger partial charge on any atom is 0.163 e. The lowest BCUT2D eigenvalue weighted by atomic mass is 10.0. The van der Waals surface area contributed by atoms with Gasteiger partial charge in [0.05, 0.1) is 6.10 Å². The molecule has 0 aliphatic heterocycles. The minimum Gasteiger partial charge on any atom is -0.393 e. The van der Waals surface area contributed by atoms with Crippen molar-refractivity contribution in [2.24, 2.45) is 5.92 Å². The first-order valence-corrected chi connectivity index (χ1v) is 10.0. The molecule has 2 atom stereocenters. The van der Waals surface area contributed by atoms with Crippen molar-refractivity contribution in [3.63, 3.8) is 0 Å². The Morgan fingerprint density at radius 3 is 2.00 bits per heavy atom. The average Bonchev–Trinajstić information content (AvgIpc) is 3.01. The zero-order chi connectivity index (χ0) is 16.1. The van der Waals surface area contributed by atoms with Gasteiger partial charge in [-0.3, -0.25) is 0 Å². The molecule has 2 aromatic rings. The summed E-state index contributed by atoms with van der Waals surface area (Å²) in [7, 11) is -2.76. The smallest absolute Gasteiger partial charge is 0.163 e. The molecule has 1 fully saturated rings. The lowest BCUT2D eigenvalue weighted by Gasteiger charge is -2.16. The van der Waals surface area contributed by atoms with E-state index in [9.17, 15) is 9.67 Å². The van der Waals surface area contributed by atoms with E-state index in [4.69, 9.17) is 0 Å². The molecule has 3 heteroatoms. The van der Waals surface area contributed by atoms with E-state index in [1.54, 1.807) is 0 Å². The Bertz CT molecular complexity index is 651. The fourth-order valence-corrected chi connectivity index (χ4v) is 5.59. The second-order valence-electron chi connectivity index (χ2n) is 6.21. The lowest BCUT2D eigenvalue weighted by Crippen LogP contribution is -2.14. The van der Waals surface area contributed by atoms with Gasteiger partial charge in [0.2, 0.25) is 0 Å². The maximum atomic E-state index is 13.7. The first-order valence-electron chi connectivity index (χ1n) is 8.27. The molecule has 3 rings (SSSR count). The number of rotatable bonds is 5. The van der Waals surface area contributed by atoms with Crippen molar-refractivity contribution in [2.75, 3.05) is 0 Å². The van der Waals surface area contributed by atoms with E-state index in [2.05, 4.69) is 0 Å². The molecule has 2 aromatic carbocycles. The second kappa shape index (κ2) is 7.29. The fraction of sp³-hybridized carbons (Fsp3) is 0.300. The fourth-order valence-electron chi connectivity index (χ4n) is 3.30. The van der Waals surface area contributed by atoms with Crippen molar-refractivity contribution in [3.05, 3.63) is 72.6 Å². The first-order chi connectivity index (χ1) is 11.2. The highest BCUT2D eigenvalue weighted by Crippen LogP contribution is 2.45. The molecule has 1 saturated carbocycles. The molecule has 2 nitrogen and oxygen atoms in total. The van der Waals surface area contributed by atoms with Crippen molar-refractivity contribution >= 4 is 17.8 Å². The van der Waals surface area contributed by atoms with Crippen LogP contribution in [0, 0.1) is 5.92 Å². The third kappa shape index (κ3) is 3.65. The highest BCUT2D eigenvalue weighted by atomic mass is 31.2. The molecule has 1 aliphatic rings. The van der Waals surface area contributed by atoms with Gasteiger partial charge in [0.1, 0.15) is 0 Å². The zero-order valence-corrected chi connectivity index (χ0v) is 14.1. The largest absolute Gasteiger partial charge is 0.393 e. The van der Waals surface area contributed by atoms with Crippen LogP contribution in [0.15, 0.2) is 72.6 Å². The van der Waals surface area contributed by atoms with Gasteiger partial charge in [-0.1, -0.05) is 73.2 Å². The van der Waals surface area contributed by atoms with Crippen molar-refractivity contribution in [2.45, 2.75) is 31.8 Å². The third-order valence-electron chi connectivity index (χ3n) is 4.65. The van der Waals surface area contributed by atoms with E-state index in [0.29, 0.717) is 5.92 Å². The van der Waals surface area contributed by atoms with Gasteiger partial charge < -0.3 is 9.67 Å². The topological polar surface area (TPSA) is 37.3 Å². The summed E-state index contributed by atoms with van der Waals surface area (Å²) in [6.45, 7) is 0. The molecular formula is C20H23O2P. The van der Waals surface area contributed by atoms with Gasteiger partial charge in [-0.05, 0) is 31.0 Å². The molecule has 23 heavy (non-hydrogen) atoms. The van der Waals surface area contributed by atoms with E-state index in [0.717, 1.165) is 36.3 Å². The molecule has 0 amide bonds. The highest BCUT2D eigenvalue weighted by molar-refractivity contribution is 7.81. The molecule has 0 radical (unpaired) electrons. The summed E-state index contributed by atoms with van der Waals surface area (Å²) in [4.78, 5) is 0. The van der Waals surface area contributed by atoms with Crippen LogP contribution in [0.25, 0.3) is 0 Å². The summed E-state index contributed by atoms with van der Waals surface area (Å²) in [6.07, 6.45) is 5.66. The number of benzene rings is 2. The van der Waals surface area contributed by atoms with Crippen LogP contribution in [0.5, 0.6) is 0 Å². The molecule has 0 heterocycles. The van der Waals surface area contributed by atoms with Crippen LogP contribution in [-0.2, 0) is 4.57 Å². The molecule has 1 aliphatic carbocycles. The normalized spacial score (nSPS) is 21.8. The Morgan fingerprint density at radius 1 is 0.957 bits per heavy atom. The van der Waals surface area contributed by atoms with Gasteiger partial charge in [-0.2, -0.15) is 0 Å². The van der Waals surface area contributed by atoms with Crippen molar-refractivity contribution in [1.82, 2.24) is 0 Å². The van der Waals surface area contributed by atoms with Crippen molar-refractivity contribution in [3.8, 4) is 0 Å². The molecule has 0 aromatic heterocycles. The highest BCUT2D eigenvalue weighted by Gasteiger charge is 2.26. The molecule has 0 saturated heterocycles. The van der Waals surface area contributed by atoms with E-state index >= 15 is 0 Å². The second-order valence-corrected chi connectivity index (χ2v) is 8.85. The van der Waals surface area contributed by atoms with E-state index in [-0.39, 0.29) is 6.10 Å². The first kappa shape index (κ1) is 16.2. The standard InChI is InChI=1S/C20H23O2P/c21-20-15-7-9-17(20)10-8-16-23(22,18-11-3-1-4-12-18)19-13-5-2-6-14-19/h1-6,8,11-14,16-17,20-21H,7,9-10,15H2/b16-8+/t17-,20+/m0/s1. The van der Waals surface area contributed by atoms with Gasteiger partial charge in [0, 0.05) is 10.6 Å². The summed E-state index contributed by atoms with van der Waals surface area (Å²) >= 11 is 0. The number of hydrogen-bond acceptors (Lipinski definition) is 2. The zero-order valence-electron chi connectivity index (χ0n) is 13.2. The Labute approximate surface area is 138 Å². The third-order valence-corrected chi connectivity index (χ3v) is 7.41. The molecule has 0 unspecified atom stereocenters. The monoisotopic (exact) mass is 326 g/mol. The lowest BCUT2D eigenvalue weighted by molar-refractivity contribution is 0.134. The Balaban J connectivity index is 1.89. The molecule has 1 N–H and O–H groups in total. The van der Waals surface area contributed by atoms with Gasteiger partial charge in [0.15, 0.2) is 7.14 Å². The molecule has 0 bridgehead atoms. The summed E-state index contributed by atoms with van der Waals surface area (Å²) in [5.41, 5.74) is 0. The molecular weight excluding hydrogens is 303 g/mol. The van der Waals surface area contributed by atoms with Crippen LogP contribution in [-0.4, -0.2) is 11.2 Å². The van der Waals surface area contributed by atoms with Crippen LogP contribution < -0.4 is 10.6 Å². The van der Waals surface area contributed by atoms with E-state index in [1.165, 1.54) is 0 Å². The average molecular weight is 326 g/mol. The SMILES string of the molecule is O=P(/C=C/C[C@@H]1CCC[C@H]1O)(c1ccccc1)c1ccccc1. The van der Waals surface area contributed by atoms with Gasteiger partial charge in [-0.25, -0.2) is 0 Å². The van der Waals surface area contributed by atoms with Gasteiger partial charge >= 0.3 is 0 Å². The Kier molecular flexibility index (Phi) is 5.15. The minimum atomic E-state index is -2.76. The summed E-state index contributed by atoms with van der Waals surface area (Å²) < 4.78 is 13.7. The van der Waals surface area contributed by atoms with Crippen molar-refractivity contribution in [1.29, 1.82) is 0 Å². The quantitative estimate of drug-likeness (QED) is 0.841. The molecule has 0 spiro atoms. The minimum absolute atomic E-state index is 0.201. The number of hydrogen-bond donors (Lipinski definition) is 1. The summed E-state index contributed by atoms with van der Waals surface area (Å²) in [5, 5.41) is 11.7. The van der Waals surface area contributed by atoms with E-state index < -0.39 is 7.14 Å². The van der Waals surface area contributed by atoms with Crippen molar-refractivity contribution < 1.29 is 9.67 Å².